The third kappa shape index (κ3) is 3.07. The van der Waals surface area contributed by atoms with E-state index >= 15 is 0 Å². The molecule has 0 bridgehead atoms. The summed E-state index contributed by atoms with van der Waals surface area (Å²) >= 11 is 0. The Kier molecular flexibility index (Phi) is 3.97. The van der Waals surface area contributed by atoms with Crippen molar-refractivity contribution >= 4 is 16.0 Å². The summed E-state index contributed by atoms with van der Waals surface area (Å²) < 4.78 is 28.9. The van der Waals surface area contributed by atoms with Crippen molar-refractivity contribution in [1.29, 1.82) is 0 Å². The highest BCUT2D eigenvalue weighted by molar-refractivity contribution is 7.89. The fraction of sp³-hybridized carbons (Fsp3) is 0.375. The molecule has 0 amide bonds. The van der Waals surface area contributed by atoms with E-state index < -0.39 is 16.0 Å². The molecule has 0 unspecified atom stereocenters. The molecule has 1 aromatic heterocycles. The molecule has 24 heavy (non-hydrogen) atoms. The lowest BCUT2D eigenvalue weighted by atomic mass is 10.0. The molecule has 2 atom stereocenters. The second-order valence-corrected chi connectivity index (χ2v) is 8.29. The first-order valence-corrected chi connectivity index (χ1v) is 9.01. The van der Waals surface area contributed by atoms with Gasteiger partial charge >= 0.3 is 5.97 Å². The number of carbonyl (C=O) groups is 1. The molecule has 128 valence electrons. The van der Waals surface area contributed by atoms with E-state index in [1.165, 1.54) is 6.20 Å². The number of carboxylic acid groups (broad SMARTS) is 1. The van der Waals surface area contributed by atoms with Crippen LogP contribution in [-0.4, -0.2) is 35.3 Å². The highest BCUT2D eigenvalue weighted by Gasteiger charge is 2.59. The van der Waals surface area contributed by atoms with Gasteiger partial charge in [-0.2, -0.15) is 5.10 Å². The largest absolute Gasteiger partial charge is 0.480 e. The monoisotopic (exact) mass is 349 g/mol. The van der Waals surface area contributed by atoms with Crippen LogP contribution in [0.5, 0.6) is 0 Å². The predicted octanol–water partition coefficient (Wildman–Crippen LogP) is 1.44. The highest BCUT2D eigenvalue weighted by atomic mass is 32.2. The van der Waals surface area contributed by atoms with Crippen LogP contribution in [-0.2, 0) is 21.4 Å². The Bertz CT molecular complexity index is 858. The minimum Gasteiger partial charge on any atom is -0.480 e. The molecule has 2 aromatic rings. The maximum Gasteiger partial charge on any atom is 0.325 e. The number of aliphatic carboxylic acids is 1. The molecule has 1 aliphatic carbocycles. The van der Waals surface area contributed by atoms with Gasteiger partial charge in [0.05, 0.1) is 6.20 Å². The average molecular weight is 349 g/mol. The SMILES string of the molecule is CC1(C)[C@@H](NS(=O)(=O)c2cnn(CC(=O)O)c2)[C@@H]1c1ccccc1. The van der Waals surface area contributed by atoms with Crippen LogP contribution in [0.3, 0.4) is 0 Å². The van der Waals surface area contributed by atoms with Gasteiger partial charge in [0, 0.05) is 18.2 Å². The summed E-state index contributed by atoms with van der Waals surface area (Å²) in [5.74, 6) is -0.981. The van der Waals surface area contributed by atoms with Crippen molar-refractivity contribution in [3.05, 3.63) is 48.3 Å². The van der Waals surface area contributed by atoms with Crippen LogP contribution >= 0.6 is 0 Å². The summed E-state index contributed by atoms with van der Waals surface area (Å²) in [4.78, 5) is 10.6. The van der Waals surface area contributed by atoms with E-state index in [2.05, 4.69) is 9.82 Å². The van der Waals surface area contributed by atoms with Crippen LogP contribution in [0.1, 0.15) is 25.3 Å². The van der Waals surface area contributed by atoms with Gasteiger partial charge < -0.3 is 5.11 Å². The zero-order valence-electron chi connectivity index (χ0n) is 13.4. The first-order valence-electron chi connectivity index (χ1n) is 7.53. The molecule has 1 heterocycles. The van der Waals surface area contributed by atoms with E-state index in [1.54, 1.807) is 0 Å². The van der Waals surface area contributed by atoms with Crippen molar-refractivity contribution in [3.63, 3.8) is 0 Å². The van der Waals surface area contributed by atoms with E-state index in [1.807, 2.05) is 44.2 Å². The Balaban J connectivity index is 1.78. The zero-order chi connectivity index (χ0) is 17.5. The lowest BCUT2D eigenvalue weighted by Gasteiger charge is -2.05. The van der Waals surface area contributed by atoms with E-state index in [9.17, 15) is 13.2 Å². The first kappa shape index (κ1) is 16.7. The van der Waals surface area contributed by atoms with Crippen molar-refractivity contribution < 1.29 is 18.3 Å². The number of nitrogens with zero attached hydrogens (tertiary/aromatic N) is 2. The number of benzene rings is 1. The summed E-state index contributed by atoms with van der Waals surface area (Å²) in [6.07, 6.45) is 2.39. The van der Waals surface area contributed by atoms with Gasteiger partial charge in [-0.15, -0.1) is 0 Å². The fourth-order valence-electron chi connectivity index (χ4n) is 3.08. The molecule has 0 saturated heterocycles. The van der Waals surface area contributed by atoms with Crippen molar-refractivity contribution in [1.82, 2.24) is 14.5 Å². The van der Waals surface area contributed by atoms with Gasteiger partial charge in [0.15, 0.2) is 0 Å². The Labute approximate surface area is 140 Å². The number of sulfonamides is 1. The number of hydrogen-bond donors (Lipinski definition) is 2. The standard InChI is InChI=1S/C16H19N3O4S/c1-16(2)14(11-6-4-3-5-7-11)15(16)18-24(22,23)12-8-17-19(9-12)10-13(20)21/h3-9,14-15,18H,10H2,1-2H3,(H,20,21)/t14-,15-/m0/s1. The Morgan fingerprint density at radius 2 is 2.00 bits per heavy atom. The minimum atomic E-state index is -3.75. The van der Waals surface area contributed by atoms with Crippen molar-refractivity contribution in [3.8, 4) is 0 Å². The summed E-state index contributed by atoms with van der Waals surface area (Å²) in [6.45, 7) is 3.66. The Hall–Kier alpha value is -2.19. The number of carboxylic acids is 1. The molecule has 1 aromatic carbocycles. The molecule has 0 aliphatic heterocycles. The summed E-state index contributed by atoms with van der Waals surface area (Å²) in [6, 6.07) is 9.57. The predicted molar refractivity (Wildman–Crippen MR) is 86.9 cm³/mol. The molecule has 3 rings (SSSR count). The maximum absolute atomic E-state index is 12.5. The lowest BCUT2D eigenvalue weighted by molar-refractivity contribution is -0.137. The second kappa shape index (κ2) is 5.71. The van der Waals surface area contributed by atoms with Gasteiger partial charge in [0.1, 0.15) is 11.4 Å². The van der Waals surface area contributed by atoms with Gasteiger partial charge in [-0.1, -0.05) is 44.2 Å². The number of hydrogen-bond acceptors (Lipinski definition) is 4. The third-order valence-electron chi connectivity index (χ3n) is 4.49. The van der Waals surface area contributed by atoms with Crippen molar-refractivity contribution in [2.45, 2.75) is 37.2 Å². The zero-order valence-corrected chi connectivity index (χ0v) is 14.2. The Morgan fingerprint density at radius 3 is 2.62 bits per heavy atom. The Morgan fingerprint density at radius 1 is 1.33 bits per heavy atom. The van der Waals surface area contributed by atoms with Crippen LogP contribution in [0.25, 0.3) is 0 Å². The number of rotatable bonds is 6. The molecular weight excluding hydrogens is 330 g/mol. The van der Waals surface area contributed by atoms with Gasteiger partial charge in [-0.25, -0.2) is 13.1 Å². The van der Waals surface area contributed by atoms with E-state index in [-0.39, 0.29) is 28.8 Å². The third-order valence-corrected chi connectivity index (χ3v) is 5.88. The summed E-state index contributed by atoms with van der Waals surface area (Å²) in [5, 5.41) is 12.5. The second-order valence-electron chi connectivity index (χ2n) is 6.58. The van der Waals surface area contributed by atoms with E-state index in [0.29, 0.717) is 0 Å². The van der Waals surface area contributed by atoms with Crippen LogP contribution in [0, 0.1) is 5.41 Å². The lowest BCUT2D eigenvalue weighted by Crippen LogP contribution is -2.28. The summed E-state index contributed by atoms with van der Waals surface area (Å²) in [7, 11) is -3.75. The number of nitrogens with one attached hydrogen (secondary N) is 1. The highest BCUT2D eigenvalue weighted by Crippen LogP contribution is 2.58. The van der Waals surface area contributed by atoms with Crippen LogP contribution in [0.2, 0.25) is 0 Å². The van der Waals surface area contributed by atoms with E-state index in [0.717, 1.165) is 16.4 Å². The normalized spacial score (nSPS) is 22.2. The van der Waals surface area contributed by atoms with Gasteiger partial charge in [0.25, 0.3) is 0 Å². The topological polar surface area (TPSA) is 101 Å². The quantitative estimate of drug-likeness (QED) is 0.822. The molecule has 1 fully saturated rings. The van der Waals surface area contributed by atoms with Crippen LogP contribution < -0.4 is 4.72 Å². The first-order chi connectivity index (χ1) is 11.2. The molecule has 2 N–H and O–H groups in total. The van der Waals surface area contributed by atoms with Gasteiger partial charge in [-0.3, -0.25) is 9.48 Å². The minimum absolute atomic E-state index is 0.0294. The van der Waals surface area contributed by atoms with Crippen molar-refractivity contribution in [2.24, 2.45) is 5.41 Å². The van der Waals surface area contributed by atoms with Crippen LogP contribution in [0.15, 0.2) is 47.6 Å². The molecule has 0 spiro atoms. The molecule has 7 nitrogen and oxygen atoms in total. The maximum atomic E-state index is 12.5. The molecule has 8 heteroatoms. The van der Waals surface area contributed by atoms with Crippen LogP contribution in [0.4, 0.5) is 0 Å². The average Bonchev–Trinajstić information content (AvgIpc) is 2.86. The molecule has 1 saturated carbocycles. The van der Waals surface area contributed by atoms with Gasteiger partial charge in [-0.05, 0) is 11.0 Å². The number of aromatic nitrogens is 2. The fourth-order valence-corrected chi connectivity index (χ4v) is 4.44. The molecule has 1 aliphatic rings. The van der Waals surface area contributed by atoms with Gasteiger partial charge in [0.2, 0.25) is 10.0 Å². The van der Waals surface area contributed by atoms with Crippen molar-refractivity contribution in [2.75, 3.05) is 0 Å². The van der Waals surface area contributed by atoms with E-state index in [4.69, 9.17) is 5.11 Å². The smallest absolute Gasteiger partial charge is 0.325 e. The summed E-state index contributed by atoms with van der Waals surface area (Å²) in [5.41, 5.74) is 0.905. The molecule has 0 radical (unpaired) electrons. The molecular formula is C16H19N3O4S.